The van der Waals surface area contributed by atoms with E-state index >= 15 is 0 Å². The number of non-ortho nitro benzene ring substituents is 1. The van der Waals surface area contributed by atoms with Crippen molar-refractivity contribution in [2.24, 2.45) is 0 Å². The summed E-state index contributed by atoms with van der Waals surface area (Å²) in [6.07, 6.45) is -0.738. The number of nitrogens with zero attached hydrogens (tertiary/aromatic N) is 3. The number of ether oxygens (including phenoxy) is 1. The Hall–Kier alpha value is -3.55. The van der Waals surface area contributed by atoms with E-state index < -0.39 is 17.0 Å². The molecule has 0 saturated heterocycles. The van der Waals surface area contributed by atoms with Crippen LogP contribution in [0.15, 0.2) is 46.9 Å². The van der Waals surface area contributed by atoms with Crippen LogP contribution in [0.2, 0.25) is 0 Å². The minimum atomic E-state index is -0.738. The molecule has 3 aromatic rings. The van der Waals surface area contributed by atoms with E-state index in [1.807, 2.05) is 19.9 Å². The van der Waals surface area contributed by atoms with Gasteiger partial charge in [0.25, 0.3) is 11.6 Å². The SMILES string of the molecule is Cc1cc(C)cc(C(=O)O[C@@H](C)c2nnc(-c3ccc([N+](=O)[O-])cc3)o2)c1. The van der Waals surface area contributed by atoms with Gasteiger partial charge in [-0.1, -0.05) is 17.2 Å². The number of carbonyl (C=O) groups is 1. The molecule has 0 spiro atoms. The molecule has 2 aromatic carbocycles. The van der Waals surface area contributed by atoms with Gasteiger partial charge >= 0.3 is 5.97 Å². The Morgan fingerprint density at radius 1 is 1.11 bits per heavy atom. The Bertz CT molecular complexity index is 975. The van der Waals surface area contributed by atoms with E-state index in [0.717, 1.165) is 11.1 Å². The van der Waals surface area contributed by atoms with Crippen molar-refractivity contribution >= 4 is 11.7 Å². The maximum absolute atomic E-state index is 12.3. The van der Waals surface area contributed by atoms with E-state index in [1.54, 1.807) is 19.1 Å². The molecule has 1 atom stereocenters. The lowest BCUT2D eigenvalue weighted by atomic mass is 10.1. The lowest BCUT2D eigenvalue weighted by Crippen LogP contribution is -2.10. The molecule has 8 nitrogen and oxygen atoms in total. The molecule has 138 valence electrons. The number of hydrogen-bond acceptors (Lipinski definition) is 7. The second kappa shape index (κ2) is 7.36. The lowest BCUT2D eigenvalue weighted by molar-refractivity contribution is -0.384. The minimum Gasteiger partial charge on any atom is -0.449 e. The highest BCUT2D eigenvalue weighted by Gasteiger charge is 2.20. The summed E-state index contributed by atoms with van der Waals surface area (Å²) in [4.78, 5) is 22.6. The average molecular weight is 367 g/mol. The van der Waals surface area contributed by atoms with Crippen molar-refractivity contribution in [2.75, 3.05) is 0 Å². The predicted octanol–water partition coefficient (Wildman–Crippen LogP) is 4.18. The zero-order valence-electron chi connectivity index (χ0n) is 15.0. The van der Waals surface area contributed by atoms with Crippen LogP contribution in [0, 0.1) is 24.0 Å². The molecule has 0 unspecified atom stereocenters. The van der Waals surface area contributed by atoms with E-state index in [-0.39, 0.29) is 17.5 Å². The summed E-state index contributed by atoms with van der Waals surface area (Å²) in [5, 5.41) is 18.5. The zero-order chi connectivity index (χ0) is 19.6. The fourth-order valence-electron chi connectivity index (χ4n) is 2.61. The fraction of sp³-hybridized carbons (Fsp3) is 0.211. The molecule has 0 fully saturated rings. The quantitative estimate of drug-likeness (QED) is 0.378. The smallest absolute Gasteiger partial charge is 0.338 e. The third-order valence-corrected chi connectivity index (χ3v) is 3.85. The van der Waals surface area contributed by atoms with Crippen LogP contribution < -0.4 is 0 Å². The first-order valence-corrected chi connectivity index (χ1v) is 8.21. The molecular weight excluding hydrogens is 350 g/mol. The third kappa shape index (κ3) is 4.17. The molecule has 1 aromatic heterocycles. The normalized spacial score (nSPS) is 11.8. The Labute approximate surface area is 155 Å². The van der Waals surface area contributed by atoms with Crippen molar-refractivity contribution in [2.45, 2.75) is 26.9 Å². The number of carbonyl (C=O) groups excluding carboxylic acids is 1. The summed E-state index contributed by atoms with van der Waals surface area (Å²) in [6, 6.07) is 11.2. The molecule has 0 bridgehead atoms. The van der Waals surface area contributed by atoms with E-state index in [1.165, 1.54) is 24.3 Å². The van der Waals surface area contributed by atoms with Gasteiger partial charge in [0.15, 0.2) is 6.10 Å². The topological polar surface area (TPSA) is 108 Å². The molecule has 0 N–H and O–H groups in total. The van der Waals surface area contributed by atoms with Gasteiger partial charge < -0.3 is 9.15 Å². The Morgan fingerprint density at radius 3 is 2.33 bits per heavy atom. The molecule has 8 heteroatoms. The summed E-state index contributed by atoms with van der Waals surface area (Å²) in [5.41, 5.74) is 2.89. The first-order valence-electron chi connectivity index (χ1n) is 8.21. The second-order valence-corrected chi connectivity index (χ2v) is 6.17. The molecule has 0 saturated carbocycles. The van der Waals surface area contributed by atoms with Gasteiger partial charge in [0, 0.05) is 17.7 Å². The highest BCUT2D eigenvalue weighted by molar-refractivity contribution is 5.90. The summed E-state index contributed by atoms with van der Waals surface area (Å²) < 4.78 is 11.0. The minimum absolute atomic E-state index is 0.0331. The van der Waals surface area contributed by atoms with Gasteiger partial charge in [0.05, 0.1) is 10.5 Å². The van der Waals surface area contributed by atoms with Gasteiger partial charge in [0.2, 0.25) is 5.89 Å². The lowest BCUT2D eigenvalue weighted by Gasteiger charge is -2.10. The third-order valence-electron chi connectivity index (χ3n) is 3.85. The number of esters is 1. The van der Waals surface area contributed by atoms with E-state index in [0.29, 0.717) is 11.1 Å². The van der Waals surface area contributed by atoms with Crippen molar-refractivity contribution < 1.29 is 18.9 Å². The molecule has 0 aliphatic rings. The molecule has 0 amide bonds. The Kier molecular flexibility index (Phi) is 4.98. The van der Waals surface area contributed by atoms with E-state index in [2.05, 4.69) is 10.2 Å². The zero-order valence-corrected chi connectivity index (χ0v) is 15.0. The summed E-state index contributed by atoms with van der Waals surface area (Å²) >= 11 is 0. The summed E-state index contributed by atoms with van der Waals surface area (Å²) in [5.74, 6) is -0.153. The summed E-state index contributed by atoms with van der Waals surface area (Å²) in [6.45, 7) is 5.44. The summed E-state index contributed by atoms with van der Waals surface area (Å²) in [7, 11) is 0. The van der Waals surface area contributed by atoms with E-state index in [4.69, 9.17) is 9.15 Å². The van der Waals surface area contributed by atoms with Crippen LogP contribution in [0.5, 0.6) is 0 Å². The molecule has 0 radical (unpaired) electrons. The standard InChI is InChI=1S/C19H17N3O5/c1-11-8-12(2)10-15(9-11)19(23)26-13(3)17-20-21-18(27-17)14-4-6-16(7-5-14)22(24)25/h4-10,13H,1-3H3/t13-/m0/s1. The van der Waals surface area contributed by atoms with Crippen LogP contribution >= 0.6 is 0 Å². The van der Waals surface area contributed by atoms with Crippen LogP contribution in [0.25, 0.3) is 11.5 Å². The van der Waals surface area contributed by atoms with Crippen LogP contribution in [0.1, 0.15) is 40.4 Å². The van der Waals surface area contributed by atoms with Gasteiger partial charge in [-0.15, -0.1) is 10.2 Å². The first kappa shape index (κ1) is 18.2. The number of nitro benzene ring substituents is 1. The molecule has 27 heavy (non-hydrogen) atoms. The van der Waals surface area contributed by atoms with Gasteiger partial charge in [-0.2, -0.15) is 0 Å². The fourth-order valence-corrected chi connectivity index (χ4v) is 2.61. The highest BCUT2D eigenvalue weighted by Crippen LogP contribution is 2.25. The van der Waals surface area contributed by atoms with Gasteiger partial charge in [-0.25, -0.2) is 4.79 Å². The maximum Gasteiger partial charge on any atom is 0.338 e. The molecular formula is C19H17N3O5. The molecule has 0 aliphatic carbocycles. The first-order chi connectivity index (χ1) is 12.8. The predicted molar refractivity (Wildman–Crippen MR) is 96.1 cm³/mol. The monoisotopic (exact) mass is 367 g/mol. The van der Waals surface area contributed by atoms with Gasteiger partial charge in [0.1, 0.15) is 0 Å². The van der Waals surface area contributed by atoms with Crippen LogP contribution in [-0.2, 0) is 4.74 Å². The Morgan fingerprint density at radius 2 is 1.74 bits per heavy atom. The van der Waals surface area contributed by atoms with E-state index in [9.17, 15) is 14.9 Å². The van der Waals surface area contributed by atoms with Crippen LogP contribution in [-0.4, -0.2) is 21.1 Å². The van der Waals surface area contributed by atoms with Gasteiger partial charge in [-0.05, 0) is 45.0 Å². The Balaban J connectivity index is 1.73. The molecule has 0 aliphatic heterocycles. The van der Waals surface area contributed by atoms with Crippen molar-refractivity contribution in [3.8, 4) is 11.5 Å². The van der Waals surface area contributed by atoms with Crippen molar-refractivity contribution in [1.29, 1.82) is 0 Å². The number of hydrogen-bond donors (Lipinski definition) is 0. The molecule has 3 rings (SSSR count). The number of rotatable bonds is 5. The average Bonchev–Trinajstić information content (AvgIpc) is 3.11. The largest absolute Gasteiger partial charge is 0.449 e. The maximum atomic E-state index is 12.3. The van der Waals surface area contributed by atoms with Crippen molar-refractivity contribution in [3.63, 3.8) is 0 Å². The second-order valence-electron chi connectivity index (χ2n) is 6.17. The number of aryl methyl sites for hydroxylation is 2. The highest BCUT2D eigenvalue weighted by atomic mass is 16.6. The number of benzene rings is 2. The molecule has 1 heterocycles. The number of aromatic nitrogens is 2. The van der Waals surface area contributed by atoms with Crippen molar-refractivity contribution in [1.82, 2.24) is 10.2 Å². The van der Waals surface area contributed by atoms with Gasteiger partial charge in [-0.3, -0.25) is 10.1 Å². The van der Waals surface area contributed by atoms with Crippen LogP contribution in [0.3, 0.4) is 0 Å². The van der Waals surface area contributed by atoms with Crippen molar-refractivity contribution in [3.05, 3.63) is 75.2 Å². The van der Waals surface area contributed by atoms with Crippen LogP contribution in [0.4, 0.5) is 5.69 Å². The number of nitro groups is 1.